The van der Waals surface area contributed by atoms with E-state index in [9.17, 15) is 18.0 Å². The summed E-state index contributed by atoms with van der Waals surface area (Å²) in [5.41, 5.74) is 2.11. The summed E-state index contributed by atoms with van der Waals surface area (Å²) in [6.07, 6.45) is 1.36. The Labute approximate surface area is 181 Å². The second-order valence-electron chi connectivity index (χ2n) is 7.62. The van der Waals surface area contributed by atoms with Crippen molar-refractivity contribution < 1.29 is 22.4 Å². The van der Waals surface area contributed by atoms with E-state index in [1.807, 2.05) is 0 Å². The van der Waals surface area contributed by atoms with E-state index in [1.54, 1.807) is 36.4 Å². The molecule has 0 bridgehead atoms. The van der Waals surface area contributed by atoms with Gasteiger partial charge < -0.3 is 14.6 Å². The van der Waals surface area contributed by atoms with Crippen molar-refractivity contribution >= 4 is 22.8 Å². The van der Waals surface area contributed by atoms with Crippen molar-refractivity contribution in [2.24, 2.45) is 0 Å². The van der Waals surface area contributed by atoms with Crippen LogP contribution < -0.4 is 5.32 Å². The summed E-state index contributed by atoms with van der Waals surface area (Å²) < 4.78 is 47.1. The van der Waals surface area contributed by atoms with Crippen LogP contribution in [0.2, 0.25) is 0 Å². The van der Waals surface area contributed by atoms with Crippen molar-refractivity contribution in [3.8, 4) is 11.1 Å². The summed E-state index contributed by atoms with van der Waals surface area (Å²) in [6, 6.07) is 13.7. The van der Waals surface area contributed by atoms with E-state index >= 15 is 0 Å². The van der Waals surface area contributed by atoms with Crippen molar-refractivity contribution in [3.05, 3.63) is 84.0 Å². The Morgan fingerprint density at radius 2 is 1.88 bits per heavy atom. The highest BCUT2D eigenvalue weighted by molar-refractivity contribution is 5.90. The Morgan fingerprint density at radius 1 is 1.03 bits per heavy atom. The number of nitrogens with zero attached hydrogens (tertiary/aromatic N) is 2. The van der Waals surface area contributed by atoms with Crippen LogP contribution in [0.15, 0.2) is 65.1 Å². The van der Waals surface area contributed by atoms with Gasteiger partial charge >= 0.3 is 6.03 Å². The molecule has 0 radical (unpaired) electrons. The summed E-state index contributed by atoms with van der Waals surface area (Å²) in [5.74, 6) is -1.54. The van der Waals surface area contributed by atoms with Crippen molar-refractivity contribution in [1.29, 1.82) is 0 Å². The van der Waals surface area contributed by atoms with Crippen LogP contribution in [0.1, 0.15) is 24.8 Å². The molecular weight excluding hydrogens is 419 g/mol. The maximum Gasteiger partial charge on any atom is 0.322 e. The summed E-state index contributed by atoms with van der Waals surface area (Å²) in [4.78, 5) is 18.8. The molecule has 2 amide bonds. The third-order valence-electron chi connectivity index (χ3n) is 5.56. The number of likely N-dealkylation sites (tertiary alicyclic amines) is 1. The quantitative estimate of drug-likeness (QED) is 0.410. The number of urea groups is 1. The van der Waals surface area contributed by atoms with Crippen LogP contribution in [-0.4, -0.2) is 22.5 Å². The van der Waals surface area contributed by atoms with Gasteiger partial charge in [-0.2, -0.15) is 0 Å². The number of fused-ring (bicyclic) bond motifs is 1. The molecule has 1 aromatic heterocycles. The third kappa shape index (κ3) is 3.68. The highest BCUT2D eigenvalue weighted by Gasteiger charge is 2.34. The number of hydrogen-bond donors (Lipinski definition) is 1. The topological polar surface area (TPSA) is 58.4 Å². The number of carbonyl (C=O) groups is 1. The zero-order valence-electron chi connectivity index (χ0n) is 16.8. The van der Waals surface area contributed by atoms with E-state index in [0.29, 0.717) is 47.1 Å². The highest BCUT2D eigenvalue weighted by Crippen LogP contribution is 2.35. The van der Waals surface area contributed by atoms with E-state index in [2.05, 4.69) is 10.3 Å². The van der Waals surface area contributed by atoms with Crippen molar-refractivity contribution in [3.63, 3.8) is 0 Å². The van der Waals surface area contributed by atoms with Crippen LogP contribution in [0.25, 0.3) is 22.2 Å². The van der Waals surface area contributed by atoms with Gasteiger partial charge in [0, 0.05) is 18.2 Å². The van der Waals surface area contributed by atoms with Gasteiger partial charge in [0.15, 0.2) is 5.58 Å². The number of oxazole rings is 1. The van der Waals surface area contributed by atoms with Gasteiger partial charge in [0.25, 0.3) is 0 Å². The molecule has 0 saturated carbocycles. The number of carbonyl (C=O) groups excluding carboxylic acids is 1. The molecule has 1 fully saturated rings. The first kappa shape index (κ1) is 20.1. The van der Waals surface area contributed by atoms with Crippen LogP contribution in [0, 0.1) is 17.5 Å². The van der Waals surface area contributed by atoms with Gasteiger partial charge in [-0.05, 0) is 48.7 Å². The SMILES string of the molecule is O=C(Nc1ccc(F)cc1F)N1CCCC1c1nc2cc(-c3ccccc3F)ccc2o1. The van der Waals surface area contributed by atoms with E-state index in [1.165, 1.54) is 17.0 Å². The second-order valence-corrected chi connectivity index (χ2v) is 7.62. The number of rotatable bonds is 3. The van der Waals surface area contributed by atoms with Gasteiger partial charge in [-0.25, -0.2) is 22.9 Å². The van der Waals surface area contributed by atoms with Gasteiger partial charge in [-0.15, -0.1) is 0 Å². The molecule has 1 N–H and O–H groups in total. The molecule has 5 rings (SSSR count). The smallest absolute Gasteiger partial charge is 0.322 e. The van der Waals surface area contributed by atoms with Crippen LogP contribution in [0.5, 0.6) is 0 Å². The number of nitrogens with one attached hydrogen (secondary N) is 1. The molecule has 1 atom stereocenters. The van der Waals surface area contributed by atoms with Gasteiger partial charge in [0.1, 0.15) is 29.0 Å². The largest absolute Gasteiger partial charge is 0.438 e. The zero-order valence-corrected chi connectivity index (χ0v) is 16.8. The molecule has 162 valence electrons. The van der Waals surface area contributed by atoms with Crippen LogP contribution in [0.3, 0.4) is 0 Å². The fourth-order valence-electron chi connectivity index (χ4n) is 4.00. The second kappa shape index (κ2) is 8.03. The molecule has 4 aromatic rings. The number of aromatic nitrogens is 1. The number of halogens is 3. The summed E-state index contributed by atoms with van der Waals surface area (Å²) >= 11 is 0. The van der Waals surface area contributed by atoms with Crippen LogP contribution in [-0.2, 0) is 0 Å². The average Bonchev–Trinajstić information content (AvgIpc) is 3.42. The summed E-state index contributed by atoms with van der Waals surface area (Å²) in [6.45, 7) is 0.443. The zero-order chi connectivity index (χ0) is 22.2. The van der Waals surface area contributed by atoms with Crippen molar-refractivity contribution in [1.82, 2.24) is 9.88 Å². The average molecular weight is 437 g/mol. The number of hydrogen-bond acceptors (Lipinski definition) is 3. The molecular formula is C24H18F3N3O2. The van der Waals surface area contributed by atoms with Crippen LogP contribution >= 0.6 is 0 Å². The van der Waals surface area contributed by atoms with Crippen molar-refractivity contribution in [2.75, 3.05) is 11.9 Å². The molecule has 1 aliphatic rings. The minimum Gasteiger partial charge on any atom is -0.438 e. The summed E-state index contributed by atoms with van der Waals surface area (Å²) in [5, 5.41) is 2.48. The molecule has 1 aliphatic heterocycles. The standard InChI is InChI=1S/C24H18F3N3O2/c25-15-8-9-19(18(27)13-15)29-24(31)30-11-3-6-21(30)23-28-20-12-14(7-10-22(20)32-23)16-4-1-2-5-17(16)26/h1-2,4-5,7-10,12-13,21H,3,6,11H2,(H,29,31). The van der Waals surface area contributed by atoms with E-state index in [4.69, 9.17) is 4.42 Å². The fraction of sp³-hybridized carbons (Fsp3) is 0.167. The fourth-order valence-corrected chi connectivity index (χ4v) is 4.00. The number of benzene rings is 3. The highest BCUT2D eigenvalue weighted by atomic mass is 19.1. The Morgan fingerprint density at radius 3 is 2.69 bits per heavy atom. The Kier molecular flexibility index (Phi) is 5.05. The first-order valence-electron chi connectivity index (χ1n) is 10.2. The van der Waals surface area contributed by atoms with Gasteiger partial charge in [0.05, 0.1) is 5.69 Å². The molecule has 8 heteroatoms. The Hall–Kier alpha value is -3.81. The van der Waals surface area contributed by atoms with E-state index in [0.717, 1.165) is 12.5 Å². The minimum absolute atomic E-state index is 0.103. The molecule has 3 aromatic carbocycles. The third-order valence-corrected chi connectivity index (χ3v) is 5.56. The first-order chi connectivity index (χ1) is 15.5. The number of anilines is 1. The van der Waals surface area contributed by atoms with Gasteiger partial charge in [-0.1, -0.05) is 24.3 Å². The minimum atomic E-state index is -0.850. The lowest BCUT2D eigenvalue weighted by molar-refractivity contribution is 0.198. The molecule has 1 saturated heterocycles. The maximum atomic E-state index is 14.2. The van der Waals surface area contributed by atoms with Crippen LogP contribution in [0.4, 0.5) is 23.7 Å². The number of amides is 2. The molecule has 0 spiro atoms. The lowest BCUT2D eigenvalue weighted by Crippen LogP contribution is -2.34. The molecule has 0 aliphatic carbocycles. The predicted octanol–water partition coefficient (Wildman–Crippen LogP) is 6.28. The Bertz CT molecular complexity index is 1320. The lowest BCUT2D eigenvalue weighted by Gasteiger charge is -2.22. The normalized spacial score (nSPS) is 16.0. The Balaban J connectivity index is 1.41. The van der Waals surface area contributed by atoms with Crippen molar-refractivity contribution in [2.45, 2.75) is 18.9 Å². The summed E-state index contributed by atoms with van der Waals surface area (Å²) in [7, 11) is 0. The van der Waals surface area contributed by atoms with E-state index in [-0.39, 0.29) is 11.5 Å². The lowest BCUT2D eigenvalue weighted by atomic mass is 10.0. The van der Waals surface area contributed by atoms with Gasteiger partial charge in [0.2, 0.25) is 5.89 Å². The maximum absolute atomic E-state index is 14.2. The van der Waals surface area contributed by atoms with E-state index < -0.39 is 23.7 Å². The molecule has 1 unspecified atom stereocenters. The van der Waals surface area contributed by atoms with Gasteiger partial charge in [-0.3, -0.25) is 0 Å². The first-order valence-corrected chi connectivity index (χ1v) is 10.2. The monoisotopic (exact) mass is 437 g/mol. The molecule has 2 heterocycles. The predicted molar refractivity (Wildman–Crippen MR) is 113 cm³/mol. The molecule has 5 nitrogen and oxygen atoms in total. The molecule has 32 heavy (non-hydrogen) atoms.